The lowest BCUT2D eigenvalue weighted by Gasteiger charge is -2.22. The maximum Gasteiger partial charge on any atom is 0.121 e. The van der Waals surface area contributed by atoms with Gasteiger partial charge in [-0.2, -0.15) is 5.26 Å². The van der Waals surface area contributed by atoms with Crippen LogP contribution in [0.15, 0.2) is 18.2 Å². The summed E-state index contributed by atoms with van der Waals surface area (Å²) in [6.07, 6.45) is 0.885. The summed E-state index contributed by atoms with van der Waals surface area (Å²) < 4.78 is 5.23. The van der Waals surface area contributed by atoms with Crippen LogP contribution in [-0.4, -0.2) is 20.7 Å². The first-order chi connectivity index (χ1) is 8.12. The Morgan fingerprint density at radius 1 is 1.47 bits per heavy atom. The van der Waals surface area contributed by atoms with Crippen LogP contribution in [0.25, 0.3) is 0 Å². The lowest BCUT2D eigenvalue weighted by molar-refractivity contribution is 0.411. The van der Waals surface area contributed by atoms with Gasteiger partial charge in [0.2, 0.25) is 0 Å². The zero-order valence-electron chi connectivity index (χ0n) is 11.0. The predicted molar refractivity (Wildman–Crippen MR) is 70.4 cm³/mol. The van der Waals surface area contributed by atoms with E-state index in [1.54, 1.807) is 7.11 Å². The summed E-state index contributed by atoms with van der Waals surface area (Å²) >= 11 is 0. The molecule has 0 saturated carbocycles. The molecule has 17 heavy (non-hydrogen) atoms. The molecule has 0 aromatic heterocycles. The van der Waals surface area contributed by atoms with Crippen molar-refractivity contribution >= 4 is 5.69 Å². The Morgan fingerprint density at radius 3 is 2.65 bits per heavy atom. The van der Waals surface area contributed by atoms with Crippen molar-refractivity contribution in [3.63, 3.8) is 0 Å². The van der Waals surface area contributed by atoms with Gasteiger partial charge in [-0.3, -0.25) is 0 Å². The molecule has 0 aliphatic heterocycles. The van der Waals surface area contributed by atoms with Crippen LogP contribution in [0, 0.1) is 24.2 Å². The molecule has 3 heteroatoms. The number of nitriles is 1. The lowest BCUT2D eigenvalue weighted by Crippen LogP contribution is -2.24. The van der Waals surface area contributed by atoms with Gasteiger partial charge in [0.1, 0.15) is 5.75 Å². The zero-order chi connectivity index (χ0) is 12.8. The number of rotatable bonds is 5. The summed E-state index contributed by atoms with van der Waals surface area (Å²) in [4.78, 5) is 2.11. The Kier molecular flexibility index (Phi) is 4.84. The molecule has 92 valence electrons. The van der Waals surface area contributed by atoms with E-state index in [9.17, 15) is 0 Å². The van der Waals surface area contributed by atoms with Crippen molar-refractivity contribution in [1.82, 2.24) is 0 Å². The molecule has 0 bridgehead atoms. The zero-order valence-corrected chi connectivity index (χ0v) is 11.0. The van der Waals surface area contributed by atoms with Crippen LogP contribution in [0.3, 0.4) is 0 Å². The minimum absolute atomic E-state index is 0.0856. The van der Waals surface area contributed by atoms with Gasteiger partial charge in [0.25, 0.3) is 0 Å². The summed E-state index contributed by atoms with van der Waals surface area (Å²) in [6.45, 7) is 4.83. The van der Waals surface area contributed by atoms with Gasteiger partial charge in [0.05, 0.1) is 19.1 Å². The van der Waals surface area contributed by atoms with E-state index >= 15 is 0 Å². The van der Waals surface area contributed by atoms with Crippen molar-refractivity contribution in [3.8, 4) is 11.8 Å². The fraction of sp³-hybridized carbons (Fsp3) is 0.500. The number of methoxy groups -OCH3 is 1. The second-order valence-electron chi connectivity index (χ2n) is 4.27. The highest BCUT2D eigenvalue weighted by Gasteiger charge is 2.10. The van der Waals surface area contributed by atoms with Crippen molar-refractivity contribution in [3.05, 3.63) is 23.8 Å². The quantitative estimate of drug-likeness (QED) is 0.783. The van der Waals surface area contributed by atoms with Gasteiger partial charge >= 0.3 is 0 Å². The normalized spacial score (nSPS) is 11.7. The number of nitrogens with zero attached hydrogens (tertiary/aromatic N) is 2. The van der Waals surface area contributed by atoms with Crippen LogP contribution < -0.4 is 9.64 Å². The number of ether oxygens (including phenoxy) is 1. The first-order valence-corrected chi connectivity index (χ1v) is 5.87. The second-order valence-corrected chi connectivity index (χ2v) is 4.27. The fourth-order valence-corrected chi connectivity index (χ4v) is 1.80. The minimum Gasteiger partial charge on any atom is -0.496 e. The molecule has 1 atom stereocenters. The molecule has 1 aromatic carbocycles. The van der Waals surface area contributed by atoms with Crippen molar-refractivity contribution in [2.45, 2.75) is 20.3 Å². The molecule has 3 nitrogen and oxygen atoms in total. The van der Waals surface area contributed by atoms with Gasteiger partial charge in [-0.05, 0) is 37.1 Å². The van der Waals surface area contributed by atoms with E-state index in [1.165, 1.54) is 0 Å². The molecule has 0 aliphatic rings. The van der Waals surface area contributed by atoms with Crippen LogP contribution in [0.2, 0.25) is 0 Å². The summed E-state index contributed by atoms with van der Waals surface area (Å²) in [5.74, 6) is 0.983. The van der Waals surface area contributed by atoms with E-state index in [4.69, 9.17) is 10.00 Å². The minimum atomic E-state index is 0.0856. The summed E-state index contributed by atoms with van der Waals surface area (Å²) in [7, 11) is 3.69. The van der Waals surface area contributed by atoms with Crippen LogP contribution in [0.1, 0.15) is 18.9 Å². The van der Waals surface area contributed by atoms with Gasteiger partial charge in [-0.1, -0.05) is 6.92 Å². The topological polar surface area (TPSA) is 36.3 Å². The number of aryl methyl sites for hydroxylation is 1. The Morgan fingerprint density at radius 2 is 2.18 bits per heavy atom. The number of anilines is 1. The van der Waals surface area contributed by atoms with Crippen LogP contribution in [-0.2, 0) is 0 Å². The third-order valence-corrected chi connectivity index (χ3v) is 2.99. The average molecular weight is 232 g/mol. The average Bonchev–Trinajstić information content (AvgIpc) is 2.35. The monoisotopic (exact) mass is 232 g/mol. The molecular formula is C14H20N2O. The first kappa shape index (κ1) is 13.4. The summed E-state index contributed by atoms with van der Waals surface area (Å²) in [5.41, 5.74) is 2.24. The standard InChI is InChI=1S/C14H20N2O/c1-5-12(9-15)10-16(3)13-6-7-14(17-4)11(2)8-13/h6-8,12H,5,10H2,1-4H3. The van der Waals surface area contributed by atoms with E-state index < -0.39 is 0 Å². The molecule has 0 amide bonds. The van der Waals surface area contributed by atoms with Crippen LogP contribution >= 0.6 is 0 Å². The molecule has 0 radical (unpaired) electrons. The van der Waals surface area contributed by atoms with E-state index in [1.807, 2.05) is 33.0 Å². The molecule has 1 aromatic rings. The highest BCUT2D eigenvalue weighted by molar-refractivity contribution is 5.52. The highest BCUT2D eigenvalue weighted by atomic mass is 16.5. The molecule has 0 aliphatic carbocycles. The van der Waals surface area contributed by atoms with Crippen molar-refractivity contribution < 1.29 is 4.74 Å². The predicted octanol–water partition coefficient (Wildman–Crippen LogP) is 2.99. The smallest absolute Gasteiger partial charge is 0.121 e. The van der Waals surface area contributed by atoms with E-state index in [0.717, 1.165) is 30.0 Å². The van der Waals surface area contributed by atoms with E-state index in [-0.39, 0.29) is 5.92 Å². The maximum absolute atomic E-state index is 8.96. The third-order valence-electron chi connectivity index (χ3n) is 2.99. The van der Waals surface area contributed by atoms with Crippen molar-refractivity contribution in [1.29, 1.82) is 5.26 Å². The van der Waals surface area contributed by atoms with Gasteiger partial charge in [0.15, 0.2) is 0 Å². The van der Waals surface area contributed by atoms with Gasteiger partial charge in [0, 0.05) is 19.3 Å². The van der Waals surface area contributed by atoms with E-state index in [2.05, 4.69) is 17.0 Å². The second kappa shape index (κ2) is 6.15. The Balaban J connectivity index is 2.79. The first-order valence-electron chi connectivity index (χ1n) is 5.87. The molecule has 0 spiro atoms. The van der Waals surface area contributed by atoms with Crippen LogP contribution in [0.5, 0.6) is 5.75 Å². The number of hydrogen-bond acceptors (Lipinski definition) is 3. The molecule has 1 rings (SSSR count). The van der Waals surface area contributed by atoms with Crippen molar-refractivity contribution in [2.75, 3.05) is 25.6 Å². The van der Waals surface area contributed by atoms with Gasteiger partial charge in [-0.25, -0.2) is 0 Å². The molecule has 0 N–H and O–H groups in total. The largest absolute Gasteiger partial charge is 0.496 e. The summed E-state index contributed by atoms with van der Waals surface area (Å²) in [5, 5.41) is 8.96. The molecule has 0 heterocycles. The van der Waals surface area contributed by atoms with E-state index in [0.29, 0.717) is 0 Å². The lowest BCUT2D eigenvalue weighted by atomic mass is 10.1. The Labute approximate surface area is 104 Å². The number of benzene rings is 1. The fourth-order valence-electron chi connectivity index (χ4n) is 1.80. The molecule has 0 fully saturated rings. The molecular weight excluding hydrogens is 212 g/mol. The SMILES string of the molecule is CCC(C#N)CN(C)c1ccc(OC)c(C)c1. The summed E-state index contributed by atoms with van der Waals surface area (Å²) in [6, 6.07) is 8.40. The molecule has 1 unspecified atom stereocenters. The van der Waals surface area contributed by atoms with Crippen LogP contribution in [0.4, 0.5) is 5.69 Å². The Bertz CT molecular complexity index is 409. The van der Waals surface area contributed by atoms with Gasteiger partial charge < -0.3 is 9.64 Å². The molecule has 0 saturated heterocycles. The maximum atomic E-state index is 8.96. The van der Waals surface area contributed by atoms with Crippen molar-refractivity contribution in [2.24, 2.45) is 5.92 Å². The third kappa shape index (κ3) is 3.39. The Hall–Kier alpha value is -1.69. The number of hydrogen-bond donors (Lipinski definition) is 0. The highest BCUT2D eigenvalue weighted by Crippen LogP contribution is 2.24. The van der Waals surface area contributed by atoms with Gasteiger partial charge in [-0.15, -0.1) is 0 Å².